The molecule has 11 heavy (non-hydrogen) atoms. The van der Waals surface area contributed by atoms with Crippen molar-refractivity contribution in [2.45, 2.75) is 34.6 Å². The number of hydrogen-bond donors (Lipinski definition) is 0. The average molecular weight is 173 g/mol. The molecule has 1 aromatic heterocycles. The van der Waals surface area contributed by atoms with Crippen molar-refractivity contribution in [3.8, 4) is 0 Å². The van der Waals surface area contributed by atoms with E-state index >= 15 is 0 Å². The van der Waals surface area contributed by atoms with E-state index in [9.17, 15) is 0 Å². The van der Waals surface area contributed by atoms with Gasteiger partial charge in [0.1, 0.15) is 0 Å². The van der Waals surface area contributed by atoms with E-state index in [-0.39, 0.29) is 0 Å². The van der Waals surface area contributed by atoms with E-state index in [1.807, 2.05) is 19.2 Å². The SMILES string of the molecule is CC.CC(C)C.c1cscn1. The summed E-state index contributed by atoms with van der Waals surface area (Å²) >= 11 is 1.60. The number of rotatable bonds is 0. The molecule has 0 amide bonds. The van der Waals surface area contributed by atoms with Crippen molar-refractivity contribution in [1.29, 1.82) is 0 Å². The van der Waals surface area contributed by atoms with Crippen molar-refractivity contribution >= 4 is 11.3 Å². The van der Waals surface area contributed by atoms with Crippen LogP contribution in [0.15, 0.2) is 17.1 Å². The summed E-state index contributed by atoms with van der Waals surface area (Å²) in [5, 5.41) is 1.93. The van der Waals surface area contributed by atoms with E-state index in [1.165, 1.54) is 0 Å². The molecule has 1 aromatic rings. The van der Waals surface area contributed by atoms with Gasteiger partial charge in [-0.2, -0.15) is 0 Å². The van der Waals surface area contributed by atoms with Crippen LogP contribution in [0.5, 0.6) is 0 Å². The highest BCUT2D eigenvalue weighted by atomic mass is 32.1. The second kappa shape index (κ2) is 12.3. The highest BCUT2D eigenvalue weighted by Gasteiger charge is 1.68. The molecule has 0 fully saturated rings. The molecule has 0 aliphatic heterocycles. The molecule has 0 aliphatic carbocycles. The van der Waals surface area contributed by atoms with E-state index in [0.29, 0.717) is 0 Å². The summed E-state index contributed by atoms with van der Waals surface area (Å²) in [5.41, 5.74) is 1.79. The fourth-order valence-corrected chi connectivity index (χ4v) is 0.527. The van der Waals surface area contributed by atoms with Crippen LogP contribution in [-0.2, 0) is 0 Å². The van der Waals surface area contributed by atoms with Gasteiger partial charge in [-0.3, -0.25) is 4.98 Å². The number of thiazole rings is 1. The Kier molecular flexibility index (Phi) is 14.8. The maximum Gasteiger partial charge on any atom is 0.0791 e. The zero-order valence-electron chi connectivity index (χ0n) is 8.16. The predicted molar refractivity (Wildman–Crippen MR) is 54.0 cm³/mol. The molecule has 0 spiro atoms. The van der Waals surface area contributed by atoms with Crippen molar-refractivity contribution in [2.75, 3.05) is 0 Å². The Hall–Kier alpha value is -0.370. The van der Waals surface area contributed by atoms with Crippen molar-refractivity contribution in [3.05, 3.63) is 17.1 Å². The number of nitrogens with zero attached hydrogens (tertiary/aromatic N) is 1. The van der Waals surface area contributed by atoms with Gasteiger partial charge < -0.3 is 0 Å². The van der Waals surface area contributed by atoms with Gasteiger partial charge in [-0.25, -0.2) is 0 Å². The highest BCUT2D eigenvalue weighted by Crippen LogP contribution is 1.85. The van der Waals surface area contributed by atoms with Crippen LogP contribution in [0, 0.1) is 5.92 Å². The quantitative estimate of drug-likeness (QED) is 0.581. The predicted octanol–water partition coefficient (Wildman–Crippen LogP) is 3.83. The molecule has 0 radical (unpaired) electrons. The Balaban J connectivity index is 0. The molecular formula is C9H19NS. The van der Waals surface area contributed by atoms with Crippen molar-refractivity contribution in [2.24, 2.45) is 5.92 Å². The lowest BCUT2D eigenvalue weighted by molar-refractivity contribution is 0.737. The van der Waals surface area contributed by atoms with Crippen molar-refractivity contribution in [1.82, 2.24) is 4.98 Å². The van der Waals surface area contributed by atoms with Crippen LogP contribution in [-0.4, -0.2) is 4.98 Å². The van der Waals surface area contributed by atoms with Crippen molar-refractivity contribution in [3.63, 3.8) is 0 Å². The van der Waals surface area contributed by atoms with E-state index in [4.69, 9.17) is 0 Å². The summed E-state index contributed by atoms with van der Waals surface area (Å²) in [6.07, 6.45) is 1.77. The Labute approximate surface area is 74.5 Å². The largest absolute Gasteiger partial charge is 0.253 e. The van der Waals surface area contributed by atoms with E-state index in [0.717, 1.165) is 5.92 Å². The molecule has 0 aromatic carbocycles. The lowest BCUT2D eigenvalue weighted by Crippen LogP contribution is -1.66. The van der Waals surface area contributed by atoms with E-state index < -0.39 is 0 Å². The molecule has 0 bridgehead atoms. The maximum absolute atomic E-state index is 3.74. The summed E-state index contributed by atoms with van der Waals surface area (Å²) in [5.74, 6) is 0.833. The van der Waals surface area contributed by atoms with Gasteiger partial charge in [0.2, 0.25) is 0 Å². The highest BCUT2D eigenvalue weighted by molar-refractivity contribution is 7.07. The Morgan fingerprint density at radius 3 is 1.73 bits per heavy atom. The molecular weight excluding hydrogens is 154 g/mol. The van der Waals surface area contributed by atoms with Gasteiger partial charge in [0.05, 0.1) is 5.51 Å². The van der Waals surface area contributed by atoms with Crippen LogP contribution in [0.25, 0.3) is 0 Å². The molecule has 0 saturated heterocycles. The topological polar surface area (TPSA) is 12.9 Å². The molecule has 0 unspecified atom stereocenters. The van der Waals surface area contributed by atoms with Crippen molar-refractivity contribution < 1.29 is 0 Å². The maximum atomic E-state index is 3.74. The Morgan fingerprint density at radius 1 is 1.18 bits per heavy atom. The minimum absolute atomic E-state index is 0.833. The molecule has 0 atom stereocenters. The van der Waals surface area contributed by atoms with Gasteiger partial charge in [0.15, 0.2) is 0 Å². The average Bonchev–Trinajstić information content (AvgIpc) is 2.44. The standard InChI is InChI=1S/C4H10.C3H3NS.C2H6/c1-4(2)3;1-2-5-3-4-1;1-2/h4H,1-3H3;1-3H;1-2H3. The monoisotopic (exact) mass is 173 g/mol. The number of hydrogen-bond acceptors (Lipinski definition) is 2. The van der Waals surface area contributed by atoms with Crippen LogP contribution < -0.4 is 0 Å². The van der Waals surface area contributed by atoms with Crippen LogP contribution in [0.2, 0.25) is 0 Å². The zero-order valence-corrected chi connectivity index (χ0v) is 8.98. The summed E-state index contributed by atoms with van der Waals surface area (Å²) in [4.78, 5) is 3.74. The third kappa shape index (κ3) is 26.2. The summed E-state index contributed by atoms with van der Waals surface area (Å²) in [7, 11) is 0. The molecule has 66 valence electrons. The summed E-state index contributed by atoms with van der Waals surface area (Å²) in [6, 6.07) is 0. The smallest absolute Gasteiger partial charge is 0.0791 e. The third-order valence-corrected chi connectivity index (χ3v) is 0.869. The van der Waals surface area contributed by atoms with Gasteiger partial charge in [-0.15, -0.1) is 11.3 Å². The third-order valence-electron chi connectivity index (χ3n) is 0.347. The summed E-state index contributed by atoms with van der Waals surface area (Å²) in [6.45, 7) is 10.5. The molecule has 1 rings (SSSR count). The van der Waals surface area contributed by atoms with Gasteiger partial charge in [-0.1, -0.05) is 34.6 Å². The van der Waals surface area contributed by atoms with E-state index in [1.54, 1.807) is 23.0 Å². The van der Waals surface area contributed by atoms with Gasteiger partial charge in [0, 0.05) is 11.6 Å². The molecule has 2 heteroatoms. The molecule has 0 N–H and O–H groups in total. The Morgan fingerprint density at radius 2 is 1.64 bits per heavy atom. The lowest BCUT2D eigenvalue weighted by atomic mass is 10.3. The first-order chi connectivity index (χ1) is 5.23. The van der Waals surface area contributed by atoms with Gasteiger partial charge in [0.25, 0.3) is 0 Å². The minimum atomic E-state index is 0.833. The molecule has 0 aliphatic rings. The number of aromatic nitrogens is 1. The van der Waals surface area contributed by atoms with Gasteiger partial charge in [-0.05, 0) is 5.92 Å². The van der Waals surface area contributed by atoms with Crippen LogP contribution in [0.3, 0.4) is 0 Å². The first kappa shape index (κ1) is 13.2. The fraction of sp³-hybridized carbons (Fsp3) is 0.667. The molecule has 1 nitrogen and oxygen atoms in total. The second-order valence-electron chi connectivity index (χ2n) is 2.41. The Bertz CT molecular complexity index is 93.1. The van der Waals surface area contributed by atoms with Gasteiger partial charge >= 0.3 is 0 Å². The summed E-state index contributed by atoms with van der Waals surface area (Å²) < 4.78 is 0. The van der Waals surface area contributed by atoms with Crippen LogP contribution >= 0.6 is 11.3 Å². The van der Waals surface area contributed by atoms with E-state index in [2.05, 4.69) is 25.8 Å². The zero-order chi connectivity index (χ0) is 9.11. The first-order valence-electron chi connectivity index (χ1n) is 4.05. The molecule has 0 saturated carbocycles. The second-order valence-corrected chi connectivity index (χ2v) is 3.16. The minimum Gasteiger partial charge on any atom is -0.253 e. The molecule has 1 heterocycles. The fourth-order valence-electron chi connectivity index (χ4n) is 0.176. The first-order valence-corrected chi connectivity index (χ1v) is 5.00. The lowest BCUT2D eigenvalue weighted by Gasteiger charge is -1.79. The van der Waals surface area contributed by atoms with Crippen LogP contribution in [0.1, 0.15) is 34.6 Å². The van der Waals surface area contributed by atoms with Crippen LogP contribution in [0.4, 0.5) is 0 Å². The normalized spacial score (nSPS) is 7.45.